The number of ether oxygens (including phenoxy) is 1. The minimum Gasteiger partial charge on any atom is -0.492 e. The molecule has 1 heterocycles. The Morgan fingerprint density at radius 2 is 1.57 bits per heavy atom. The fourth-order valence-corrected chi connectivity index (χ4v) is 4.49. The lowest BCUT2D eigenvalue weighted by Gasteiger charge is -2.18. The van der Waals surface area contributed by atoms with E-state index in [0.717, 1.165) is 42.9 Å². The van der Waals surface area contributed by atoms with Crippen LogP contribution in [-0.2, 0) is 6.18 Å². The molecule has 0 aliphatic carbocycles. The highest BCUT2D eigenvalue weighted by atomic mass is 19.4. The molecule has 4 rings (SSSR count). The average molecular weight is 510 g/mol. The van der Waals surface area contributed by atoms with Gasteiger partial charge in [-0.15, -0.1) is 0 Å². The van der Waals surface area contributed by atoms with E-state index in [1.165, 1.54) is 6.07 Å². The van der Waals surface area contributed by atoms with Crippen molar-refractivity contribution in [3.05, 3.63) is 88.5 Å². The highest BCUT2D eigenvalue weighted by Crippen LogP contribution is 2.39. The number of halogens is 3. The molecule has 0 aliphatic rings. The van der Waals surface area contributed by atoms with Gasteiger partial charge in [0.15, 0.2) is 5.78 Å². The lowest BCUT2D eigenvalue weighted by Crippen LogP contribution is -2.27. The van der Waals surface area contributed by atoms with Gasteiger partial charge in [-0.2, -0.15) is 13.2 Å². The molecule has 0 atom stereocenters. The van der Waals surface area contributed by atoms with Crippen LogP contribution < -0.4 is 4.74 Å². The highest BCUT2D eigenvalue weighted by Gasteiger charge is 2.32. The number of carbonyl (C=O) groups excluding carboxylic acids is 1. The van der Waals surface area contributed by atoms with E-state index < -0.39 is 11.7 Å². The van der Waals surface area contributed by atoms with E-state index in [1.807, 2.05) is 19.9 Å². The summed E-state index contributed by atoms with van der Waals surface area (Å²) in [6.45, 7) is 11.2. The third-order valence-electron chi connectivity index (χ3n) is 6.41. The van der Waals surface area contributed by atoms with Gasteiger partial charge in [-0.1, -0.05) is 31.0 Å². The summed E-state index contributed by atoms with van der Waals surface area (Å²) in [5.74, 6) is 0.501. The summed E-state index contributed by atoms with van der Waals surface area (Å²) in [6.07, 6.45) is -4.55. The molecule has 0 amide bonds. The molecule has 0 radical (unpaired) electrons. The Morgan fingerprint density at radius 3 is 2.16 bits per heavy atom. The predicted octanol–water partition coefficient (Wildman–Crippen LogP) is 7.69. The van der Waals surface area contributed by atoms with Gasteiger partial charge >= 0.3 is 6.18 Å². The number of aryl methyl sites for hydroxylation is 2. The summed E-state index contributed by atoms with van der Waals surface area (Å²) >= 11 is 0. The molecule has 0 fully saturated rings. The minimum absolute atomic E-state index is 0.112. The van der Waals surface area contributed by atoms with Crippen molar-refractivity contribution in [3.8, 4) is 17.1 Å². The largest absolute Gasteiger partial charge is 0.492 e. The second kappa shape index (κ2) is 10.8. The Hall–Kier alpha value is -3.58. The van der Waals surface area contributed by atoms with Crippen LogP contribution in [-0.4, -0.2) is 36.9 Å². The van der Waals surface area contributed by atoms with Crippen molar-refractivity contribution in [2.45, 2.75) is 33.9 Å². The van der Waals surface area contributed by atoms with Gasteiger partial charge in [0, 0.05) is 23.1 Å². The fourth-order valence-electron chi connectivity index (χ4n) is 4.49. The molecule has 0 bridgehead atoms. The predicted molar refractivity (Wildman–Crippen MR) is 139 cm³/mol. The number of benzene rings is 3. The molecule has 4 nitrogen and oxygen atoms in total. The van der Waals surface area contributed by atoms with E-state index in [9.17, 15) is 18.0 Å². The van der Waals surface area contributed by atoms with Crippen molar-refractivity contribution in [3.63, 3.8) is 0 Å². The topological polar surface area (TPSA) is 42.7 Å². The van der Waals surface area contributed by atoms with Gasteiger partial charge in [0.25, 0.3) is 0 Å². The monoisotopic (exact) mass is 509 g/mol. The molecule has 3 aromatic carbocycles. The minimum atomic E-state index is -4.55. The Kier molecular flexibility index (Phi) is 7.73. The van der Waals surface area contributed by atoms with Crippen molar-refractivity contribution in [2.24, 2.45) is 0 Å². The molecule has 0 N–H and O–H groups in total. The molecule has 0 saturated heterocycles. The maximum absolute atomic E-state index is 13.7. The number of hydrogen-bond donors (Lipinski definition) is 0. The number of furan rings is 1. The number of carbonyl (C=O) groups is 1. The third kappa shape index (κ3) is 5.88. The van der Waals surface area contributed by atoms with Crippen molar-refractivity contribution in [2.75, 3.05) is 26.2 Å². The number of likely N-dealkylation sites (N-methyl/N-ethyl adjacent to an activating group) is 1. The van der Waals surface area contributed by atoms with E-state index in [4.69, 9.17) is 9.15 Å². The Labute approximate surface area is 214 Å². The zero-order valence-corrected chi connectivity index (χ0v) is 21.4. The Balaban J connectivity index is 1.76. The van der Waals surface area contributed by atoms with Crippen LogP contribution in [0.15, 0.2) is 65.1 Å². The van der Waals surface area contributed by atoms with Crippen LogP contribution in [0, 0.1) is 13.8 Å². The summed E-state index contributed by atoms with van der Waals surface area (Å²) < 4.78 is 52.4. The van der Waals surface area contributed by atoms with Crippen LogP contribution in [0.25, 0.3) is 22.3 Å². The van der Waals surface area contributed by atoms with Crippen molar-refractivity contribution >= 4 is 16.8 Å². The van der Waals surface area contributed by atoms with Crippen LogP contribution in [0.2, 0.25) is 0 Å². The molecule has 0 aliphatic heterocycles. The lowest BCUT2D eigenvalue weighted by molar-refractivity contribution is -0.137. The molecular weight excluding hydrogens is 479 g/mol. The molecule has 194 valence electrons. The van der Waals surface area contributed by atoms with Crippen molar-refractivity contribution in [1.29, 1.82) is 0 Å². The first-order valence-corrected chi connectivity index (χ1v) is 12.3. The van der Waals surface area contributed by atoms with Gasteiger partial charge < -0.3 is 14.1 Å². The number of hydrogen-bond acceptors (Lipinski definition) is 4. The second-order valence-electron chi connectivity index (χ2n) is 9.12. The molecule has 7 heteroatoms. The first-order chi connectivity index (χ1) is 17.6. The molecule has 4 aromatic rings. The SMILES string of the molecule is CCN(CC)CCOc1ccc(-c2oc3ccc(C(F)(F)F)cc3c2C(=O)c2cc(C)cc(C)c2)cc1. The Morgan fingerprint density at radius 1 is 0.919 bits per heavy atom. The summed E-state index contributed by atoms with van der Waals surface area (Å²) in [7, 11) is 0. The van der Waals surface area contributed by atoms with Crippen LogP contribution in [0.1, 0.15) is 46.5 Å². The smallest absolute Gasteiger partial charge is 0.416 e. The zero-order valence-electron chi connectivity index (χ0n) is 21.4. The summed E-state index contributed by atoms with van der Waals surface area (Å²) in [5, 5.41) is 0.133. The molecule has 0 spiro atoms. The maximum atomic E-state index is 13.7. The average Bonchev–Trinajstić information content (AvgIpc) is 3.24. The third-order valence-corrected chi connectivity index (χ3v) is 6.41. The zero-order chi connectivity index (χ0) is 26.7. The van der Waals surface area contributed by atoms with E-state index in [1.54, 1.807) is 36.4 Å². The van der Waals surface area contributed by atoms with Gasteiger partial charge in [-0.05, 0) is 81.5 Å². The maximum Gasteiger partial charge on any atom is 0.416 e. The van der Waals surface area contributed by atoms with E-state index in [-0.39, 0.29) is 28.1 Å². The first-order valence-electron chi connectivity index (χ1n) is 12.3. The van der Waals surface area contributed by atoms with Gasteiger partial charge in [0.1, 0.15) is 23.7 Å². The van der Waals surface area contributed by atoms with Crippen molar-refractivity contribution in [1.82, 2.24) is 4.90 Å². The summed E-state index contributed by atoms with van der Waals surface area (Å²) in [6, 6.07) is 15.7. The number of rotatable bonds is 9. The number of ketones is 1. The molecular formula is C30H30F3NO3. The molecule has 37 heavy (non-hydrogen) atoms. The van der Waals surface area contributed by atoms with Crippen LogP contribution in [0.5, 0.6) is 5.75 Å². The fraction of sp³-hybridized carbons (Fsp3) is 0.300. The van der Waals surface area contributed by atoms with E-state index >= 15 is 0 Å². The lowest BCUT2D eigenvalue weighted by atomic mass is 9.95. The first kappa shape index (κ1) is 26.5. The molecule has 0 unspecified atom stereocenters. The molecule has 0 saturated carbocycles. The second-order valence-corrected chi connectivity index (χ2v) is 9.12. The summed E-state index contributed by atoms with van der Waals surface area (Å²) in [5.41, 5.74) is 2.25. The Bertz CT molecular complexity index is 1380. The van der Waals surface area contributed by atoms with Crippen molar-refractivity contribution < 1.29 is 27.1 Å². The van der Waals surface area contributed by atoms with Crippen LogP contribution in [0.4, 0.5) is 13.2 Å². The quantitative estimate of drug-likeness (QED) is 0.217. The van der Waals surface area contributed by atoms with Gasteiger partial charge in [-0.3, -0.25) is 4.79 Å². The van der Waals surface area contributed by atoms with Gasteiger partial charge in [0.2, 0.25) is 0 Å². The highest BCUT2D eigenvalue weighted by molar-refractivity contribution is 6.19. The number of alkyl halides is 3. The molecule has 1 aromatic heterocycles. The normalized spacial score (nSPS) is 11.9. The van der Waals surface area contributed by atoms with Gasteiger partial charge in [-0.25, -0.2) is 0 Å². The van der Waals surface area contributed by atoms with E-state index in [0.29, 0.717) is 23.5 Å². The van der Waals surface area contributed by atoms with E-state index in [2.05, 4.69) is 18.7 Å². The number of fused-ring (bicyclic) bond motifs is 1. The van der Waals surface area contributed by atoms with Crippen LogP contribution in [0.3, 0.4) is 0 Å². The standard InChI is InChI=1S/C30H30F3NO3/c1-5-34(6-2)13-14-36-24-10-7-21(8-11-24)29-27(28(35)22-16-19(3)15-20(4)17-22)25-18-23(30(31,32)33)9-12-26(25)37-29/h7-12,15-18H,5-6,13-14H2,1-4H3. The number of nitrogens with zero attached hydrogens (tertiary/aromatic N) is 1. The van der Waals surface area contributed by atoms with Crippen LogP contribution >= 0.6 is 0 Å². The van der Waals surface area contributed by atoms with Gasteiger partial charge in [0.05, 0.1) is 11.1 Å². The summed E-state index contributed by atoms with van der Waals surface area (Å²) in [4.78, 5) is 16.0.